The standard InChI is InChI=1S/C25H21NO5/c1-29-24-13-17(9-12-22(24)25(27)28)15-30-20-6-4-7-21(14-20)31-16-19-11-10-18-5-2-3-8-23(18)26-19/h2-14H,15-16H2,1H3,(H,27,28). The smallest absolute Gasteiger partial charge is 0.339 e. The monoisotopic (exact) mass is 415 g/mol. The van der Waals surface area contributed by atoms with Gasteiger partial charge < -0.3 is 19.3 Å². The summed E-state index contributed by atoms with van der Waals surface area (Å²) in [5.74, 6) is 0.583. The van der Waals surface area contributed by atoms with Crippen LogP contribution in [0.4, 0.5) is 0 Å². The lowest BCUT2D eigenvalue weighted by Crippen LogP contribution is -2.03. The Kier molecular flexibility index (Phi) is 5.98. The number of rotatable bonds is 8. The van der Waals surface area contributed by atoms with Gasteiger partial charge >= 0.3 is 5.97 Å². The Morgan fingerprint density at radius 2 is 1.65 bits per heavy atom. The summed E-state index contributed by atoms with van der Waals surface area (Å²) in [6.45, 7) is 0.619. The van der Waals surface area contributed by atoms with Gasteiger partial charge in [0.05, 0.1) is 18.3 Å². The zero-order valence-corrected chi connectivity index (χ0v) is 16.9. The summed E-state index contributed by atoms with van der Waals surface area (Å²) in [5, 5.41) is 10.3. The minimum absolute atomic E-state index is 0.115. The normalized spacial score (nSPS) is 10.6. The van der Waals surface area contributed by atoms with Crippen LogP contribution in [0.15, 0.2) is 78.9 Å². The molecule has 0 spiro atoms. The van der Waals surface area contributed by atoms with E-state index in [9.17, 15) is 9.90 Å². The Balaban J connectivity index is 1.39. The Hall–Kier alpha value is -4.06. The fourth-order valence-electron chi connectivity index (χ4n) is 3.17. The number of benzene rings is 3. The van der Waals surface area contributed by atoms with Crippen LogP contribution in [0.5, 0.6) is 17.2 Å². The van der Waals surface area contributed by atoms with E-state index in [0.29, 0.717) is 23.9 Å². The number of ether oxygens (including phenoxy) is 3. The third-order valence-electron chi connectivity index (χ3n) is 4.75. The van der Waals surface area contributed by atoms with Crippen LogP contribution in [0.2, 0.25) is 0 Å². The number of pyridine rings is 1. The molecule has 1 aromatic heterocycles. The molecule has 0 fully saturated rings. The Bertz CT molecular complexity index is 1220. The summed E-state index contributed by atoms with van der Waals surface area (Å²) in [6, 6.07) is 24.2. The van der Waals surface area contributed by atoms with E-state index in [1.165, 1.54) is 13.2 Å². The summed E-state index contributed by atoms with van der Waals surface area (Å²) in [5.41, 5.74) is 2.69. The molecule has 0 saturated carbocycles. The van der Waals surface area contributed by atoms with Gasteiger partial charge in [-0.05, 0) is 42.0 Å². The van der Waals surface area contributed by atoms with Gasteiger partial charge in [-0.3, -0.25) is 0 Å². The number of carboxylic acids is 1. The molecule has 0 atom stereocenters. The first-order chi connectivity index (χ1) is 15.1. The van der Waals surface area contributed by atoms with Crippen LogP contribution in [0, 0.1) is 0 Å². The van der Waals surface area contributed by atoms with Crippen molar-refractivity contribution in [2.24, 2.45) is 0 Å². The molecule has 0 aliphatic heterocycles. The van der Waals surface area contributed by atoms with Gasteiger partial charge in [-0.2, -0.15) is 0 Å². The second-order valence-electron chi connectivity index (χ2n) is 6.89. The van der Waals surface area contributed by atoms with E-state index < -0.39 is 5.97 Å². The first-order valence-corrected chi connectivity index (χ1v) is 9.73. The van der Waals surface area contributed by atoms with Gasteiger partial charge in [0.15, 0.2) is 0 Å². The van der Waals surface area contributed by atoms with Crippen molar-refractivity contribution in [1.29, 1.82) is 0 Å². The summed E-state index contributed by atoms with van der Waals surface area (Å²) in [4.78, 5) is 15.8. The zero-order valence-electron chi connectivity index (χ0n) is 16.9. The van der Waals surface area contributed by atoms with Crippen molar-refractivity contribution in [3.8, 4) is 17.2 Å². The minimum atomic E-state index is -1.03. The average molecular weight is 415 g/mol. The lowest BCUT2D eigenvalue weighted by Gasteiger charge is -2.11. The molecule has 0 aliphatic rings. The van der Waals surface area contributed by atoms with Gasteiger partial charge in [-0.1, -0.05) is 36.4 Å². The summed E-state index contributed by atoms with van der Waals surface area (Å²) in [6.07, 6.45) is 0. The van der Waals surface area contributed by atoms with E-state index in [4.69, 9.17) is 14.2 Å². The van der Waals surface area contributed by atoms with Crippen molar-refractivity contribution in [2.75, 3.05) is 7.11 Å². The quantitative estimate of drug-likeness (QED) is 0.431. The average Bonchev–Trinajstić information content (AvgIpc) is 2.81. The SMILES string of the molecule is COc1cc(COc2cccc(OCc3ccc4ccccc4n3)c2)ccc1C(=O)O. The molecule has 31 heavy (non-hydrogen) atoms. The van der Waals surface area contributed by atoms with E-state index in [2.05, 4.69) is 4.98 Å². The minimum Gasteiger partial charge on any atom is -0.496 e. The summed E-state index contributed by atoms with van der Waals surface area (Å²) >= 11 is 0. The third-order valence-corrected chi connectivity index (χ3v) is 4.75. The fraction of sp³-hybridized carbons (Fsp3) is 0.120. The van der Waals surface area contributed by atoms with Crippen molar-refractivity contribution in [3.05, 3.63) is 95.7 Å². The highest BCUT2D eigenvalue weighted by Crippen LogP contribution is 2.24. The van der Waals surface area contributed by atoms with Crippen molar-refractivity contribution in [2.45, 2.75) is 13.2 Å². The van der Waals surface area contributed by atoms with Crippen molar-refractivity contribution in [1.82, 2.24) is 4.98 Å². The Labute approximate surface area is 179 Å². The van der Waals surface area contributed by atoms with E-state index in [1.54, 1.807) is 12.1 Å². The maximum atomic E-state index is 11.2. The second kappa shape index (κ2) is 9.17. The predicted molar refractivity (Wildman–Crippen MR) is 117 cm³/mol. The van der Waals surface area contributed by atoms with Crippen LogP contribution in [-0.4, -0.2) is 23.2 Å². The highest BCUT2D eigenvalue weighted by Gasteiger charge is 2.11. The number of para-hydroxylation sites is 1. The van der Waals surface area contributed by atoms with Crippen LogP contribution in [-0.2, 0) is 13.2 Å². The molecule has 156 valence electrons. The molecule has 6 heteroatoms. The predicted octanol–water partition coefficient (Wildman–Crippen LogP) is 5.10. The lowest BCUT2D eigenvalue weighted by molar-refractivity contribution is 0.0693. The fourth-order valence-corrected chi connectivity index (χ4v) is 3.17. The number of methoxy groups -OCH3 is 1. The topological polar surface area (TPSA) is 77.9 Å². The molecule has 6 nitrogen and oxygen atoms in total. The Morgan fingerprint density at radius 3 is 2.42 bits per heavy atom. The lowest BCUT2D eigenvalue weighted by atomic mass is 10.1. The van der Waals surface area contributed by atoms with Gasteiger partial charge in [0.25, 0.3) is 0 Å². The molecule has 3 aromatic carbocycles. The number of nitrogens with zero attached hydrogens (tertiary/aromatic N) is 1. The number of carboxylic acid groups (broad SMARTS) is 1. The van der Waals surface area contributed by atoms with Gasteiger partial charge in [-0.25, -0.2) is 9.78 Å². The van der Waals surface area contributed by atoms with Gasteiger partial charge in [0, 0.05) is 11.5 Å². The van der Waals surface area contributed by atoms with E-state index >= 15 is 0 Å². The molecule has 1 heterocycles. The Morgan fingerprint density at radius 1 is 0.871 bits per heavy atom. The molecule has 0 saturated heterocycles. The number of hydrogen-bond acceptors (Lipinski definition) is 5. The van der Waals surface area contributed by atoms with Crippen molar-refractivity contribution < 1.29 is 24.1 Å². The molecular formula is C25H21NO5. The van der Waals surface area contributed by atoms with E-state index in [-0.39, 0.29) is 12.2 Å². The summed E-state index contributed by atoms with van der Waals surface area (Å²) < 4.78 is 16.9. The number of aromatic carboxylic acids is 1. The van der Waals surface area contributed by atoms with Gasteiger partial charge in [-0.15, -0.1) is 0 Å². The van der Waals surface area contributed by atoms with Crippen molar-refractivity contribution >= 4 is 16.9 Å². The van der Waals surface area contributed by atoms with Crippen molar-refractivity contribution in [3.63, 3.8) is 0 Å². The van der Waals surface area contributed by atoms with E-state index in [1.807, 2.05) is 60.7 Å². The van der Waals surface area contributed by atoms with E-state index in [0.717, 1.165) is 22.2 Å². The van der Waals surface area contributed by atoms with Crippen LogP contribution in [0.3, 0.4) is 0 Å². The van der Waals surface area contributed by atoms with Crippen LogP contribution in [0.1, 0.15) is 21.6 Å². The highest BCUT2D eigenvalue weighted by molar-refractivity contribution is 5.91. The molecule has 4 rings (SSSR count). The molecule has 0 bridgehead atoms. The first-order valence-electron chi connectivity index (χ1n) is 9.73. The number of aromatic nitrogens is 1. The third kappa shape index (κ3) is 4.93. The maximum absolute atomic E-state index is 11.2. The number of fused-ring (bicyclic) bond motifs is 1. The summed E-state index contributed by atoms with van der Waals surface area (Å²) in [7, 11) is 1.44. The van der Waals surface area contributed by atoms with Gasteiger partial charge in [0.2, 0.25) is 0 Å². The molecule has 0 aliphatic carbocycles. The van der Waals surface area contributed by atoms with Crippen LogP contribution in [0.25, 0.3) is 10.9 Å². The van der Waals surface area contributed by atoms with Crippen LogP contribution >= 0.6 is 0 Å². The van der Waals surface area contributed by atoms with Crippen LogP contribution < -0.4 is 14.2 Å². The number of hydrogen-bond donors (Lipinski definition) is 1. The molecule has 0 unspecified atom stereocenters. The second-order valence-corrected chi connectivity index (χ2v) is 6.89. The first kappa shape index (κ1) is 20.2. The maximum Gasteiger partial charge on any atom is 0.339 e. The molecule has 4 aromatic rings. The molecule has 0 amide bonds. The molecule has 1 N–H and O–H groups in total. The number of carbonyl (C=O) groups is 1. The molecule has 0 radical (unpaired) electrons. The molecular weight excluding hydrogens is 394 g/mol. The largest absolute Gasteiger partial charge is 0.496 e. The highest BCUT2D eigenvalue weighted by atomic mass is 16.5. The zero-order chi connectivity index (χ0) is 21.6. The van der Waals surface area contributed by atoms with Gasteiger partial charge in [0.1, 0.15) is 36.0 Å².